The quantitative estimate of drug-likeness (QED) is 0.547. The first kappa shape index (κ1) is 16.5. The minimum Gasteiger partial charge on any atom is 2.00 e. The van der Waals surface area contributed by atoms with Gasteiger partial charge in [0.15, 0.2) is 0 Å². The van der Waals surface area contributed by atoms with E-state index >= 15 is 0 Å². The van der Waals surface area contributed by atoms with Crippen LogP contribution in [0.25, 0.3) is 0 Å². The van der Waals surface area contributed by atoms with Crippen LogP contribution in [0.15, 0.2) is 0 Å². The Morgan fingerprint density at radius 1 is 0.714 bits per heavy atom. The van der Waals surface area contributed by atoms with Gasteiger partial charge >= 0.3 is 87.3 Å². The van der Waals surface area contributed by atoms with Crippen LogP contribution in [-0.2, 0) is 9.20 Å². The number of rotatable bonds is 0. The first-order valence-electron chi connectivity index (χ1n) is 0.456. The van der Waals surface area contributed by atoms with Crippen LogP contribution in [0.3, 0.4) is 0 Å². The van der Waals surface area contributed by atoms with Crippen molar-refractivity contribution >= 4 is 78.1 Å². The van der Waals surface area contributed by atoms with Gasteiger partial charge in [0.05, 0.1) is 0 Å². The van der Waals surface area contributed by atoms with Gasteiger partial charge in [0.25, 0.3) is 0 Å². The predicted octanol–water partition coefficient (Wildman–Crippen LogP) is 1.99. The zero-order valence-electron chi connectivity index (χ0n) is 3.81. The van der Waals surface area contributed by atoms with Crippen LogP contribution in [0, 0.1) is 0 Å². The van der Waals surface area contributed by atoms with Crippen molar-refractivity contribution < 1.29 is 9.20 Å². The molecule has 0 amide bonds. The van der Waals surface area contributed by atoms with E-state index in [1.807, 2.05) is 0 Å². The molecule has 0 bridgehead atoms. The Hall–Kier alpha value is 2.87. The van der Waals surface area contributed by atoms with Gasteiger partial charge in [0, 0.05) is 0 Å². The molecule has 0 rings (SSSR count). The van der Waals surface area contributed by atoms with E-state index in [0.717, 1.165) is 0 Å². The molecule has 0 aliphatic carbocycles. The molecule has 0 heterocycles. The van der Waals surface area contributed by atoms with Crippen LogP contribution in [0.4, 0.5) is 0 Å². The smallest absolute Gasteiger partial charge is 2.00 e. The number of halogens is 4. The minimum atomic E-state index is -2.24. The molecule has 37 valence electrons. The first-order chi connectivity index (χ1) is 2.00. The SMILES string of the molecule is [Cl][Cu]([Cl])([Cl])[Cl].[Li+2].[Li+2]. The van der Waals surface area contributed by atoms with Crippen LogP contribution in [-0.4, -0.2) is 37.7 Å². The number of hydrogen-bond acceptors (Lipinski definition) is 0. The minimum absolute atomic E-state index is 0. The molecule has 7 heteroatoms. The summed E-state index contributed by atoms with van der Waals surface area (Å²) in [5.74, 6) is 0. The molecule has 0 saturated carbocycles. The summed E-state index contributed by atoms with van der Waals surface area (Å²) in [4.78, 5) is 0. The molecule has 0 spiro atoms. The van der Waals surface area contributed by atoms with Crippen molar-refractivity contribution in [3.8, 4) is 0 Å². The van der Waals surface area contributed by atoms with Crippen molar-refractivity contribution in [1.29, 1.82) is 0 Å². The monoisotopic (exact) mass is 217 g/mol. The van der Waals surface area contributed by atoms with E-state index in [4.69, 9.17) is 40.4 Å². The average Bonchev–Trinajstić information content (AvgIpc) is 0.722. The van der Waals surface area contributed by atoms with Crippen LogP contribution in [0.2, 0.25) is 0 Å². The van der Waals surface area contributed by atoms with Crippen molar-refractivity contribution in [2.24, 2.45) is 0 Å². The van der Waals surface area contributed by atoms with Gasteiger partial charge in [-0.3, -0.25) is 0 Å². The van der Waals surface area contributed by atoms with Gasteiger partial charge in [-0.1, -0.05) is 0 Å². The third kappa shape index (κ3) is 50.8. The summed E-state index contributed by atoms with van der Waals surface area (Å²) in [6.45, 7) is 0. The van der Waals surface area contributed by atoms with E-state index in [-0.39, 0.29) is 37.7 Å². The second-order valence-electron chi connectivity index (χ2n) is 0.258. The van der Waals surface area contributed by atoms with Gasteiger partial charge in [-0.05, 0) is 0 Å². The molecule has 0 aliphatic heterocycles. The molecule has 7 heavy (non-hydrogen) atoms. The van der Waals surface area contributed by atoms with E-state index in [0.29, 0.717) is 0 Å². The molecule has 0 unspecified atom stereocenters. The Balaban J connectivity index is -0.0000000800. The van der Waals surface area contributed by atoms with Crippen LogP contribution in [0.5, 0.6) is 0 Å². The summed E-state index contributed by atoms with van der Waals surface area (Å²) in [7, 11) is 17.4. The fraction of sp³-hybridized carbons (Fsp3) is 0. The van der Waals surface area contributed by atoms with E-state index in [9.17, 15) is 0 Å². The molecule has 0 aromatic rings. The third-order valence-corrected chi connectivity index (χ3v) is 0. The molecule has 0 saturated heterocycles. The van der Waals surface area contributed by atoms with Crippen LogP contribution >= 0.6 is 40.4 Å². The molecule has 0 N–H and O–H groups in total. The summed E-state index contributed by atoms with van der Waals surface area (Å²) >= 11 is 0. The van der Waals surface area contributed by atoms with Gasteiger partial charge < -0.3 is 0 Å². The topological polar surface area (TPSA) is 0 Å². The van der Waals surface area contributed by atoms with E-state index < -0.39 is 9.20 Å². The number of hydrogen-bond donors (Lipinski definition) is 0. The third-order valence-electron chi connectivity index (χ3n) is 0. The van der Waals surface area contributed by atoms with Crippen molar-refractivity contribution in [2.45, 2.75) is 0 Å². The Kier molecular flexibility index (Phi) is 16.4. The summed E-state index contributed by atoms with van der Waals surface area (Å²) < 4.78 is 0. The van der Waals surface area contributed by atoms with Gasteiger partial charge in [0.1, 0.15) is 0 Å². The van der Waals surface area contributed by atoms with Crippen molar-refractivity contribution in [1.82, 2.24) is 0 Å². The maximum atomic E-state index is 4.90. The van der Waals surface area contributed by atoms with Crippen LogP contribution in [0.1, 0.15) is 0 Å². The summed E-state index contributed by atoms with van der Waals surface area (Å²) in [5, 5.41) is 0. The molecule has 0 aliphatic rings. The molecule has 0 fully saturated rings. The Bertz CT molecular complexity index is 25.2. The fourth-order valence-corrected chi connectivity index (χ4v) is 0. The standard InChI is InChI=1S/4ClH.Cu.2Li/h4*1H;;;/q;;;;+4;2*+2/p-4. The average molecular weight is 219 g/mol. The zero-order valence-corrected chi connectivity index (χ0v) is 7.78. The normalized spacial score (nSPS) is 10.9. The van der Waals surface area contributed by atoms with Gasteiger partial charge in [-0.15, -0.1) is 0 Å². The molecule has 0 aromatic heterocycles. The van der Waals surface area contributed by atoms with Crippen LogP contribution < -0.4 is 0 Å². The van der Waals surface area contributed by atoms with E-state index in [2.05, 4.69) is 0 Å². The van der Waals surface area contributed by atoms with E-state index in [1.54, 1.807) is 0 Å². The molecule has 18 radical (unpaired) electrons. The molecule has 0 atom stereocenters. The Morgan fingerprint density at radius 2 is 0.714 bits per heavy atom. The Morgan fingerprint density at radius 3 is 0.714 bits per heavy atom. The van der Waals surface area contributed by atoms with Crippen molar-refractivity contribution in [2.75, 3.05) is 0 Å². The second-order valence-corrected chi connectivity index (χ2v) is 9.59. The summed E-state index contributed by atoms with van der Waals surface area (Å²) in [6, 6.07) is 0. The second kappa shape index (κ2) is 6.99. The molecular formula is Cl4CuLi2+4. The first-order valence-corrected chi connectivity index (χ1v) is 5.64. The Labute approximate surface area is 86.1 Å². The van der Waals surface area contributed by atoms with Gasteiger partial charge in [-0.2, -0.15) is 0 Å². The maximum Gasteiger partial charge on any atom is 2.00 e. The predicted molar refractivity (Wildman–Crippen MR) is 34.9 cm³/mol. The van der Waals surface area contributed by atoms with Gasteiger partial charge in [-0.25, -0.2) is 0 Å². The molecular weight excluding hydrogens is 219 g/mol. The molecule has 0 nitrogen and oxygen atoms in total. The van der Waals surface area contributed by atoms with Gasteiger partial charge in [0.2, 0.25) is 0 Å². The maximum absolute atomic E-state index is 4.90. The van der Waals surface area contributed by atoms with E-state index in [1.165, 1.54) is 0 Å². The fourth-order valence-electron chi connectivity index (χ4n) is 0. The largest absolute Gasteiger partial charge is 2.00 e. The summed E-state index contributed by atoms with van der Waals surface area (Å²) in [6.07, 6.45) is 0. The van der Waals surface area contributed by atoms with Crippen molar-refractivity contribution in [3.05, 3.63) is 0 Å². The van der Waals surface area contributed by atoms with Crippen molar-refractivity contribution in [3.63, 3.8) is 0 Å². The molecule has 0 aromatic carbocycles. The summed E-state index contributed by atoms with van der Waals surface area (Å²) in [5.41, 5.74) is 0. The zero-order chi connectivity index (χ0) is 4.50.